The summed E-state index contributed by atoms with van der Waals surface area (Å²) < 4.78 is 27.6. The lowest BCUT2D eigenvalue weighted by molar-refractivity contribution is 0.0802. The molecule has 0 radical (unpaired) electrons. The second kappa shape index (κ2) is 7.42. The summed E-state index contributed by atoms with van der Waals surface area (Å²) in [6.45, 7) is 2.33. The van der Waals surface area contributed by atoms with E-state index in [1.807, 2.05) is 6.92 Å². The van der Waals surface area contributed by atoms with Crippen LogP contribution in [0.15, 0.2) is 47.4 Å². The summed E-state index contributed by atoms with van der Waals surface area (Å²) in [5, 5.41) is 0.526. The molecule has 128 valence electrons. The molecule has 2 aromatic carbocycles. The predicted octanol–water partition coefficient (Wildman–Crippen LogP) is 3.89. The number of anilines is 1. The van der Waals surface area contributed by atoms with Crippen LogP contribution in [0.4, 0.5) is 5.69 Å². The highest BCUT2D eigenvalue weighted by Crippen LogP contribution is 2.26. The van der Waals surface area contributed by atoms with Crippen molar-refractivity contribution in [1.82, 2.24) is 4.90 Å². The van der Waals surface area contributed by atoms with E-state index in [2.05, 4.69) is 4.72 Å². The second-order valence-corrected chi connectivity index (χ2v) is 7.57. The SMILES string of the molecule is CCN(C)C(=O)c1ccc(Cl)c(S(=O)(=O)Nc2ccc(Cl)cc2)c1. The molecular weight excluding hydrogens is 371 g/mol. The fraction of sp³-hybridized carbons (Fsp3) is 0.188. The third-order valence-electron chi connectivity index (χ3n) is 3.39. The lowest BCUT2D eigenvalue weighted by atomic mass is 10.2. The van der Waals surface area contributed by atoms with Gasteiger partial charge in [-0.15, -0.1) is 0 Å². The Hall–Kier alpha value is -1.76. The van der Waals surface area contributed by atoms with Gasteiger partial charge in [0.15, 0.2) is 0 Å². The zero-order valence-corrected chi connectivity index (χ0v) is 15.4. The molecule has 8 heteroatoms. The van der Waals surface area contributed by atoms with Crippen molar-refractivity contribution in [2.45, 2.75) is 11.8 Å². The van der Waals surface area contributed by atoms with Gasteiger partial charge in [-0.2, -0.15) is 0 Å². The molecule has 0 heterocycles. The molecular formula is C16H16Cl2N2O3S. The summed E-state index contributed by atoms with van der Waals surface area (Å²) in [6.07, 6.45) is 0. The third-order valence-corrected chi connectivity index (χ3v) is 5.50. The smallest absolute Gasteiger partial charge is 0.263 e. The number of halogens is 2. The van der Waals surface area contributed by atoms with Crippen molar-refractivity contribution < 1.29 is 13.2 Å². The van der Waals surface area contributed by atoms with Crippen LogP contribution in [0.2, 0.25) is 10.0 Å². The number of rotatable bonds is 5. The molecule has 0 aliphatic carbocycles. The zero-order valence-electron chi connectivity index (χ0n) is 13.1. The Kier molecular flexibility index (Phi) is 5.74. The normalized spacial score (nSPS) is 11.2. The minimum absolute atomic E-state index is 0.0344. The number of hydrogen-bond donors (Lipinski definition) is 1. The van der Waals surface area contributed by atoms with Crippen LogP contribution in [0.1, 0.15) is 17.3 Å². The Morgan fingerprint density at radius 1 is 1.12 bits per heavy atom. The minimum Gasteiger partial charge on any atom is -0.342 e. The van der Waals surface area contributed by atoms with Gasteiger partial charge in [0.05, 0.1) is 5.02 Å². The molecule has 24 heavy (non-hydrogen) atoms. The van der Waals surface area contributed by atoms with Crippen molar-refractivity contribution in [3.63, 3.8) is 0 Å². The van der Waals surface area contributed by atoms with E-state index in [0.717, 1.165) is 0 Å². The van der Waals surface area contributed by atoms with E-state index < -0.39 is 10.0 Å². The van der Waals surface area contributed by atoms with Crippen LogP contribution in [0.25, 0.3) is 0 Å². The number of carbonyl (C=O) groups excluding carboxylic acids is 1. The van der Waals surface area contributed by atoms with Crippen molar-refractivity contribution in [2.24, 2.45) is 0 Å². The molecule has 0 aliphatic heterocycles. The van der Waals surface area contributed by atoms with Crippen molar-refractivity contribution in [3.8, 4) is 0 Å². The summed E-state index contributed by atoms with van der Waals surface area (Å²) in [5.74, 6) is -0.280. The number of carbonyl (C=O) groups is 1. The van der Waals surface area contributed by atoms with Gasteiger partial charge in [0.25, 0.3) is 15.9 Å². The third kappa shape index (κ3) is 4.20. The van der Waals surface area contributed by atoms with Gasteiger partial charge < -0.3 is 4.90 Å². The van der Waals surface area contributed by atoms with E-state index in [4.69, 9.17) is 23.2 Å². The summed E-state index contributed by atoms with van der Waals surface area (Å²) in [6, 6.07) is 10.4. The molecule has 0 bridgehead atoms. The number of nitrogens with one attached hydrogen (secondary N) is 1. The van der Waals surface area contributed by atoms with E-state index in [9.17, 15) is 13.2 Å². The lowest BCUT2D eigenvalue weighted by Crippen LogP contribution is -2.26. The van der Waals surface area contributed by atoms with Crippen LogP contribution < -0.4 is 4.72 Å². The Morgan fingerprint density at radius 3 is 2.33 bits per heavy atom. The van der Waals surface area contributed by atoms with Crippen molar-refractivity contribution in [2.75, 3.05) is 18.3 Å². The Bertz CT molecular complexity index is 852. The van der Waals surface area contributed by atoms with Crippen molar-refractivity contribution >= 4 is 44.8 Å². The van der Waals surface area contributed by atoms with Crippen LogP contribution in [-0.2, 0) is 10.0 Å². The quantitative estimate of drug-likeness (QED) is 0.847. The summed E-state index contributed by atoms with van der Waals surface area (Å²) in [4.78, 5) is 13.5. The van der Waals surface area contributed by atoms with Crippen LogP contribution in [0.3, 0.4) is 0 Å². The molecule has 0 saturated heterocycles. The molecule has 1 amide bonds. The first-order valence-electron chi connectivity index (χ1n) is 7.08. The average molecular weight is 387 g/mol. The van der Waals surface area contributed by atoms with E-state index in [1.165, 1.54) is 35.2 Å². The molecule has 2 rings (SSSR count). The summed E-state index contributed by atoms with van der Waals surface area (Å²) in [7, 11) is -2.31. The first kappa shape index (κ1) is 18.6. The van der Waals surface area contributed by atoms with Gasteiger partial charge in [-0.1, -0.05) is 23.2 Å². The molecule has 0 unspecified atom stereocenters. The van der Waals surface area contributed by atoms with Crippen molar-refractivity contribution in [1.29, 1.82) is 0 Å². The van der Waals surface area contributed by atoms with Crippen LogP contribution in [-0.4, -0.2) is 32.8 Å². The monoisotopic (exact) mass is 386 g/mol. The number of nitrogens with zero attached hydrogens (tertiary/aromatic N) is 1. The van der Waals surface area contributed by atoms with E-state index in [1.54, 1.807) is 19.2 Å². The number of sulfonamides is 1. The lowest BCUT2D eigenvalue weighted by Gasteiger charge is -2.16. The first-order chi connectivity index (χ1) is 11.2. The fourth-order valence-electron chi connectivity index (χ4n) is 1.93. The Balaban J connectivity index is 2.39. The van der Waals surface area contributed by atoms with Crippen LogP contribution >= 0.6 is 23.2 Å². The number of hydrogen-bond acceptors (Lipinski definition) is 3. The van der Waals surface area contributed by atoms with Gasteiger partial charge in [-0.25, -0.2) is 8.42 Å². The van der Waals surface area contributed by atoms with Gasteiger partial charge in [0.1, 0.15) is 4.90 Å². The van der Waals surface area contributed by atoms with Crippen molar-refractivity contribution in [3.05, 3.63) is 58.1 Å². The molecule has 0 atom stereocenters. The standard InChI is InChI=1S/C16H16Cl2N2O3S/c1-3-20(2)16(21)11-4-9-14(18)15(10-11)24(22,23)19-13-7-5-12(17)6-8-13/h4-10,19H,3H2,1-2H3. The molecule has 1 N–H and O–H groups in total. The zero-order chi connectivity index (χ0) is 17.9. The summed E-state index contributed by atoms with van der Waals surface area (Å²) in [5.41, 5.74) is 0.595. The molecule has 0 spiro atoms. The summed E-state index contributed by atoms with van der Waals surface area (Å²) >= 11 is 11.8. The maximum atomic E-state index is 12.6. The number of benzene rings is 2. The molecule has 5 nitrogen and oxygen atoms in total. The average Bonchev–Trinajstić information content (AvgIpc) is 2.55. The van der Waals surface area contributed by atoms with Crippen LogP contribution in [0.5, 0.6) is 0 Å². The predicted molar refractivity (Wildman–Crippen MR) is 96.3 cm³/mol. The molecule has 2 aromatic rings. The topological polar surface area (TPSA) is 66.5 Å². The molecule has 0 saturated carbocycles. The highest BCUT2D eigenvalue weighted by Gasteiger charge is 2.21. The second-order valence-electron chi connectivity index (χ2n) is 5.08. The Labute approximate surface area is 151 Å². The van der Waals surface area contributed by atoms with E-state index >= 15 is 0 Å². The highest BCUT2D eigenvalue weighted by molar-refractivity contribution is 7.92. The maximum absolute atomic E-state index is 12.6. The fourth-order valence-corrected chi connectivity index (χ4v) is 3.65. The minimum atomic E-state index is -3.94. The molecule has 0 aliphatic rings. The highest BCUT2D eigenvalue weighted by atomic mass is 35.5. The molecule has 0 fully saturated rings. The van der Waals surface area contributed by atoms with Gasteiger partial charge in [0, 0.05) is 29.9 Å². The Morgan fingerprint density at radius 2 is 1.75 bits per heavy atom. The largest absolute Gasteiger partial charge is 0.342 e. The van der Waals surface area contributed by atoms with Gasteiger partial charge in [-0.3, -0.25) is 9.52 Å². The van der Waals surface area contributed by atoms with Crippen LogP contribution in [0, 0.1) is 0 Å². The van der Waals surface area contributed by atoms with E-state index in [-0.39, 0.29) is 21.4 Å². The maximum Gasteiger partial charge on any atom is 0.263 e. The molecule has 0 aromatic heterocycles. The number of amides is 1. The van der Waals surface area contributed by atoms with Gasteiger partial charge in [0.2, 0.25) is 0 Å². The van der Waals surface area contributed by atoms with Gasteiger partial charge >= 0.3 is 0 Å². The van der Waals surface area contributed by atoms with E-state index in [0.29, 0.717) is 17.3 Å². The van der Waals surface area contributed by atoms with Gasteiger partial charge in [-0.05, 0) is 49.4 Å². The first-order valence-corrected chi connectivity index (χ1v) is 9.32.